The van der Waals surface area contributed by atoms with Crippen LogP contribution in [0.3, 0.4) is 0 Å². The minimum Gasteiger partial charge on any atom is -0.404 e. The molecule has 0 spiro atoms. The molecule has 1 heterocycles. The molecule has 106 valence electrons. The van der Waals surface area contributed by atoms with Crippen LogP contribution in [0.15, 0.2) is 51.7 Å². The third-order valence-corrected chi connectivity index (χ3v) is 3.52. The smallest absolute Gasteiger partial charge is 0.345 e. The molecule has 0 saturated carbocycles. The molecular formula is C17H16N2O2. The first-order valence-electron chi connectivity index (χ1n) is 6.72. The van der Waals surface area contributed by atoms with E-state index >= 15 is 0 Å². The SMILES string of the molecule is Cc1ccc(C)c(Nc2c(N)oc(=O)c3ccccc23)c1. The largest absolute Gasteiger partial charge is 0.404 e. The first kappa shape index (κ1) is 13.2. The number of nitrogens with one attached hydrogen (secondary N) is 1. The lowest BCUT2D eigenvalue weighted by Gasteiger charge is -2.13. The fourth-order valence-corrected chi connectivity index (χ4v) is 2.35. The Hall–Kier alpha value is -2.75. The first-order valence-corrected chi connectivity index (χ1v) is 6.72. The second-order valence-corrected chi connectivity index (χ2v) is 5.12. The third-order valence-electron chi connectivity index (χ3n) is 3.52. The lowest BCUT2D eigenvalue weighted by molar-refractivity contribution is 0.542. The molecule has 0 saturated heterocycles. The van der Waals surface area contributed by atoms with Gasteiger partial charge in [-0.25, -0.2) is 4.79 Å². The Kier molecular flexibility index (Phi) is 3.14. The molecule has 0 aliphatic carbocycles. The van der Waals surface area contributed by atoms with E-state index in [4.69, 9.17) is 10.2 Å². The van der Waals surface area contributed by atoms with Gasteiger partial charge in [0, 0.05) is 11.1 Å². The molecule has 0 atom stereocenters. The number of hydrogen-bond acceptors (Lipinski definition) is 4. The van der Waals surface area contributed by atoms with Crippen LogP contribution in [-0.2, 0) is 0 Å². The van der Waals surface area contributed by atoms with Gasteiger partial charge in [0.1, 0.15) is 5.69 Å². The van der Waals surface area contributed by atoms with Gasteiger partial charge >= 0.3 is 5.63 Å². The van der Waals surface area contributed by atoms with Gasteiger partial charge in [0.05, 0.1) is 5.39 Å². The zero-order valence-electron chi connectivity index (χ0n) is 11.9. The number of hydrogen-bond donors (Lipinski definition) is 2. The summed E-state index contributed by atoms with van der Waals surface area (Å²) in [5.74, 6) is 0.0969. The highest BCUT2D eigenvalue weighted by atomic mass is 16.4. The van der Waals surface area contributed by atoms with Crippen molar-refractivity contribution in [2.24, 2.45) is 0 Å². The topological polar surface area (TPSA) is 68.3 Å². The summed E-state index contributed by atoms with van der Waals surface area (Å²) < 4.78 is 5.12. The normalized spacial score (nSPS) is 10.8. The van der Waals surface area contributed by atoms with E-state index in [1.165, 1.54) is 0 Å². The Bertz CT molecular complexity index is 882. The van der Waals surface area contributed by atoms with Crippen molar-refractivity contribution in [1.82, 2.24) is 0 Å². The molecule has 3 aromatic rings. The van der Waals surface area contributed by atoms with Gasteiger partial charge in [0.15, 0.2) is 0 Å². The number of aryl methyl sites for hydroxylation is 2. The summed E-state index contributed by atoms with van der Waals surface area (Å²) in [6.07, 6.45) is 0. The summed E-state index contributed by atoms with van der Waals surface area (Å²) in [5, 5.41) is 4.56. The van der Waals surface area contributed by atoms with E-state index in [0.29, 0.717) is 11.1 Å². The highest BCUT2D eigenvalue weighted by Gasteiger charge is 2.12. The Labute approximate surface area is 122 Å². The van der Waals surface area contributed by atoms with E-state index in [9.17, 15) is 4.79 Å². The van der Waals surface area contributed by atoms with Crippen molar-refractivity contribution < 1.29 is 4.42 Å². The van der Waals surface area contributed by atoms with Crippen LogP contribution >= 0.6 is 0 Å². The second-order valence-electron chi connectivity index (χ2n) is 5.12. The van der Waals surface area contributed by atoms with Crippen molar-refractivity contribution in [3.8, 4) is 0 Å². The predicted octanol–water partition coefficient (Wildman–Crippen LogP) is 3.74. The molecule has 0 aliphatic rings. The lowest BCUT2D eigenvalue weighted by Crippen LogP contribution is -2.07. The number of nitrogens with two attached hydrogens (primary N) is 1. The van der Waals surface area contributed by atoms with E-state index in [-0.39, 0.29) is 5.88 Å². The van der Waals surface area contributed by atoms with E-state index in [2.05, 4.69) is 5.32 Å². The van der Waals surface area contributed by atoms with Crippen LogP contribution in [-0.4, -0.2) is 0 Å². The maximum Gasteiger partial charge on any atom is 0.345 e. The Morgan fingerprint density at radius 3 is 2.52 bits per heavy atom. The number of anilines is 3. The van der Waals surface area contributed by atoms with Gasteiger partial charge in [0.25, 0.3) is 0 Å². The standard InChI is InChI=1S/C17H16N2O2/c1-10-7-8-11(2)14(9-10)19-15-12-5-3-4-6-13(12)17(20)21-16(15)18/h3-9,19H,18H2,1-2H3. The summed E-state index contributed by atoms with van der Waals surface area (Å²) in [6.45, 7) is 4.04. The van der Waals surface area contributed by atoms with E-state index in [0.717, 1.165) is 22.2 Å². The molecule has 0 fully saturated rings. The number of rotatable bonds is 2. The van der Waals surface area contributed by atoms with Gasteiger partial charge in [0.2, 0.25) is 5.88 Å². The first-order chi connectivity index (χ1) is 10.1. The Morgan fingerprint density at radius 2 is 1.76 bits per heavy atom. The number of fused-ring (bicyclic) bond motifs is 1. The van der Waals surface area contributed by atoms with Crippen LogP contribution in [0.2, 0.25) is 0 Å². The molecular weight excluding hydrogens is 264 g/mol. The molecule has 0 bridgehead atoms. The van der Waals surface area contributed by atoms with Crippen molar-refractivity contribution in [2.45, 2.75) is 13.8 Å². The predicted molar refractivity (Wildman–Crippen MR) is 86.1 cm³/mol. The Morgan fingerprint density at radius 1 is 1.05 bits per heavy atom. The monoisotopic (exact) mass is 280 g/mol. The molecule has 1 aromatic heterocycles. The molecule has 21 heavy (non-hydrogen) atoms. The summed E-state index contributed by atoms with van der Waals surface area (Å²) in [6, 6.07) is 13.4. The average Bonchev–Trinajstić information content (AvgIpc) is 2.47. The maximum absolute atomic E-state index is 11.9. The molecule has 3 rings (SSSR count). The molecule has 0 radical (unpaired) electrons. The van der Waals surface area contributed by atoms with Crippen molar-refractivity contribution in [1.29, 1.82) is 0 Å². The summed E-state index contributed by atoms with van der Waals surface area (Å²) in [4.78, 5) is 11.9. The van der Waals surface area contributed by atoms with Crippen LogP contribution in [0, 0.1) is 13.8 Å². The van der Waals surface area contributed by atoms with Gasteiger partial charge in [-0.05, 0) is 37.1 Å². The molecule has 0 aliphatic heterocycles. The van der Waals surface area contributed by atoms with Crippen LogP contribution in [0.4, 0.5) is 17.3 Å². The summed E-state index contributed by atoms with van der Waals surface area (Å²) in [5.41, 5.74) is 9.28. The van der Waals surface area contributed by atoms with Crippen molar-refractivity contribution >= 4 is 28.0 Å². The fraction of sp³-hybridized carbons (Fsp3) is 0.118. The average molecular weight is 280 g/mol. The van der Waals surface area contributed by atoms with Gasteiger partial charge in [-0.2, -0.15) is 0 Å². The minimum absolute atomic E-state index is 0.0969. The molecule has 4 heteroatoms. The Balaban J connectivity index is 2.21. The van der Waals surface area contributed by atoms with E-state index < -0.39 is 5.63 Å². The quantitative estimate of drug-likeness (QED) is 0.750. The molecule has 2 aromatic carbocycles. The zero-order valence-corrected chi connectivity index (χ0v) is 11.9. The highest BCUT2D eigenvalue weighted by molar-refractivity contribution is 5.98. The van der Waals surface area contributed by atoms with Gasteiger partial charge < -0.3 is 15.5 Å². The van der Waals surface area contributed by atoms with Crippen LogP contribution in [0.1, 0.15) is 11.1 Å². The molecule has 3 N–H and O–H groups in total. The number of benzene rings is 2. The highest BCUT2D eigenvalue weighted by Crippen LogP contribution is 2.31. The maximum atomic E-state index is 11.9. The molecule has 0 amide bonds. The fourth-order valence-electron chi connectivity index (χ4n) is 2.35. The summed E-state index contributed by atoms with van der Waals surface area (Å²) >= 11 is 0. The lowest BCUT2D eigenvalue weighted by atomic mass is 10.1. The van der Waals surface area contributed by atoms with Gasteiger partial charge in [-0.1, -0.05) is 30.3 Å². The summed E-state index contributed by atoms with van der Waals surface area (Å²) in [7, 11) is 0. The van der Waals surface area contributed by atoms with Crippen LogP contribution < -0.4 is 16.7 Å². The number of nitrogen functional groups attached to an aromatic ring is 1. The van der Waals surface area contributed by atoms with Crippen LogP contribution in [0.25, 0.3) is 10.8 Å². The van der Waals surface area contributed by atoms with E-state index in [1.807, 2.05) is 44.2 Å². The van der Waals surface area contributed by atoms with E-state index in [1.54, 1.807) is 12.1 Å². The second kappa shape index (κ2) is 4.98. The van der Waals surface area contributed by atoms with Gasteiger partial charge in [-0.3, -0.25) is 0 Å². The molecule has 0 unspecified atom stereocenters. The van der Waals surface area contributed by atoms with Crippen molar-refractivity contribution in [2.75, 3.05) is 11.1 Å². The minimum atomic E-state index is -0.422. The zero-order chi connectivity index (χ0) is 15.0. The van der Waals surface area contributed by atoms with Crippen molar-refractivity contribution in [3.63, 3.8) is 0 Å². The molecule has 4 nitrogen and oxygen atoms in total. The van der Waals surface area contributed by atoms with Gasteiger partial charge in [-0.15, -0.1) is 0 Å². The third kappa shape index (κ3) is 2.36. The van der Waals surface area contributed by atoms with Crippen molar-refractivity contribution in [3.05, 3.63) is 64.0 Å². The van der Waals surface area contributed by atoms with Crippen LogP contribution in [0.5, 0.6) is 0 Å².